The third-order valence-corrected chi connectivity index (χ3v) is 6.31. The number of amides is 1. The number of carbonyl (C=O) groups is 1. The first-order valence-electron chi connectivity index (χ1n) is 8.54. The Morgan fingerprint density at radius 3 is 2.91 bits per heavy atom. The van der Waals surface area contributed by atoms with E-state index in [0.29, 0.717) is 23.9 Å². The van der Waals surface area contributed by atoms with Gasteiger partial charge in [-0.3, -0.25) is 4.79 Å². The Morgan fingerprint density at radius 2 is 2.30 bits per heavy atom. The zero-order valence-corrected chi connectivity index (χ0v) is 15.2. The molecule has 2 heterocycles. The maximum Gasteiger partial charge on any atom is 0.226 e. The van der Waals surface area contributed by atoms with Gasteiger partial charge >= 0.3 is 0 Å². The van der Waals surface area contributed by atoms with E-state index in [1.54, 1.807) is 11.8 Å². The molecule has 0 unspecified atom stereocenters. The average Bonchev–Trinajstić information content (AvgIpc) is 3.06. The zero-order valence-electron chi connectivity index (χ0n) is 14.4. The lowest BCUT2D eigenvalue weighted by molar-refractivity contribution is -0.136. The molecule has 0 radical (unpaired) electrons. The maximum atomic E-state index is 13.0. The lowest BCUT2D eigenvalue weighted by Crippen LogP contribution is -2.42. The molecular formula is C17H28N4OS. The van der Waals surface area contributed by atoms with E-state index < -0.39 is 0 Å². The predicted octanol–water partition coefficient (Wildman–Crippen LogP) is 1.89. The number of thioether (sulfide) groups is 1. The summed E-state index contributed by atoms with van der Waals surface area (Å²) in [4.78, 5) is 19.6. The van der Waals surface area contributed by atoms with E-state index in [0.717, 1.165) is 31.1 Å². The normalized spacial score (nSPS) is 23.7. The minimum Gasteiger partial charge on any atom is -0.337 e. The Labute approximate surface area is 143 Å². The number of piperidine rings is 1. The van der Waals surface area contributed by atoms with Gasteiger partial charge in [-0.1, -0.05) is 6.92 Å². The van der Waals surface area contributed by atoms with Crippen molar-refractivity contribution in [2.45, 2.75) is 38.8 Å². The van der Waals surface area contributed by atoms with Crippen molar-refractivity contribution in [1.29, 1.82) is 0 Å². The summed E-state index contributed by atoms with van der Waals surface area (Å²) in [7, 11) is 2.00. The second kappa shape index (κ2) is 6.85. The topological polar surface area (TPSA) is 50.2 Å². The summed E-state index contributed by atoms with van der Waals surface area (Å²) in [5.74, 6) is 2.23. The number of imidazole rings is 1. The van der Waals surface area contributed by atoms with Crippen molar-refractivity contribution in [3.05, 3.63) is 18.2 Å². The first-order chi connectivity index (χ1) is 11.1. The molecule has 2 atom stereocenters. The molecule has 1 amide bonds. The summed E-state index contributed by atoms with van der Waals surface area (Å²) >= 11 is 1.75. The third kappa shape index (κ3) is 3.43. The number of aryl methyl sites for hydroxylation is 1. The van der Waals surface area contributed by atoms with Crippen molar-refractivity contribution in [2.24, 2.45) is 18.4 Å². The van der Waals surface area contributed by atoms with Crippen LogP contribution in [0.2, 0.25) is 0 Å². The molecule has 0 bridgehead atoms. The van der Waals surface area contributed by atoms with Gasteiger partial charge in [-0.25, -0.2) is 4.98 Å². The van der Waals surface area contributed by atoms with Crippen LogP contribution in [0.3, 0.4) is 0 Å². The molecule has 5 nitrogen and oxygen atoms in total. The largest absolute Gasteiger partial charge is 0.337 e. The fourth-order valence-corrected chi connectivity index (χ4v) is 4.52. The van der Waals surface area contributed by atoms with Crippen LogP contribution in [0.15, 0.2) is 12.4 Å². The van der Waals surface area contributed by atoms with Gasteiger partial charge in [0.25, 0.3) is 0 Å². The molecule has 1 spiro atoms. The highest BCUT2D eigenvalue weighted by Gasteiger charge is 2.58. The van der Waals surface area contributed by atoms with E-state index in [2.05, 4.69) is 28.4 Å². The number of carbonyl (C=O) groups excluding carboxylic acids is 1. The minimum absolute atomic E-state index is 0.0737. The first kappa shape index (κ1) is 16.8. The van der Waals surface area contributed by atoms with Crippen molar-refractivity contribution in [3.63, 3.8) is 0 Å². The molecule has 1 N–H and O–H groups in total. The molecule has 2 aliphatic rings. The Balaban J connectivity index is 1.76. The highest BCUT2D eigenvalue weighted by molar-refractivity contribution is 7.98. The average molecular weight is 337 g/mol. The smallest absolute Gasteiger partial charge is 0.226 e. The molecular weight excluding hydrogens is 308 g/mol. The number of hydrogen-bond acceptors (Lipinski definition) is 4. The number of hydrogen-bond donors (Lipinski definition) is 1. The number of aromatic nitrogens is 2. The van der Waals surface area contributed by atoms with Crippen LogP contribution in [-0.2, 0) is 18.4 Å². The third-order valence-electron chi connectivity index (χ3n) is 5.48. The first-order valence-corrected chi connectivity index (χ1v) is 9.93. The zero-order chi connectivity index (χ0) is 16.4. The summed E-state index contributed by atoms with van der Waals surface area (Å²) < 4.78 is 2.02. The maximum absolute atomic E-state index is 13.0. The van der Waals surface area contributed by atoms with Crippen LogP contribution >= 0.6 is 11.8 Å². The molecule has 3 rings (SSSR count). The fourth-order valence-electron chi connectivity index (χ4n) is 3.88. The van der Waals surface area contributed by atoms with Crippen LogP contribution in [0.5, 0.6) is 0 Å². The van der Waals surface area contributed by atoms with Crippen molar-refractivity contribution in [2.75, 3.05) is 25.1 Å². The summed E-state index contributed by atoms with van der Waals surface area (Å²) in [6, 6.07) is 0.401. The van der Waals surface area contributed by atoms with Gasteiger partial charge in [-0.15, -0.1) is 0 Å². The van der Waals surface area contributed by atoms with Crippen LogP contribution in [0.1, 0.15) is 32.0 Å². The quantitative estimate of drug-likeness (QED) is 0.862. The lowest BCUT2D eigenvalue weighted by atomic mass is 9.93. The van der Waals surface area contributed by atoms with Crippen LogP contribution in [0.25, 0.3) is 0 Å². The Bertz CT molecular complexity index is 553. The molecule has 1 aliphatic carbocycles. The van der Waals surface area contributed by atoms with Gasteiger partial charge in [0.15, 0.2) is 0 Å². The number of nitrogens with zero attached hydrogens (tertiary/aromatic N) is 3. The predicted molar refractivity (Wildman–Crippen MR) is 94.2 cm³/mol. The van der Waals surface area contributed by atoms with E-state index in [1.165, 1.54) is 12.8 Å². The van der Waals surface area contributed by atoms with E-state index >= 15 is 0 Å². The second-order valence-corrected chi connectivity index (χ2v) is 8.02. The van der Waals surface area contributed by atoms with Gasteiger partial charge < -0.3 is 14.8 Å². The minimum atomic E-state index is 0.0737. The van der Waals surface area contributed by atoms with E-state index in [1.807, 2.05) is 24.0 Å². The van der Waals surface area contributed by atoms with Crippen molar-refractivity contribution in [1.82, 2.24) is 19.8 Å². The lowest BCUT2D eigenvalue weighted by Gasteiger charge is -2.31. The molecule has 23 heavy (non-hydrogen) atoms. The summed E-state index contributed by atoms with van der Waals surface area (Å²) in [5, 5.41) is 3.44. The molecule has 128 valence electrons. The Kier molecular flexibility index (Phi) is 5.01. The molecule has 1 aliphatic heterocycles. The summed E-state index contributed by atoms with van der Waals surface area (Å²) in [6.07, 6.45) is 9.39. The SMILES string of the molecule is CSC[C@@H](C)C(=O)N(Cc1nccn1C)[C@@H]1CC12CCNCC2. The van der Waals surface area contributed by atoms with Gasteiger partial charge in [0.1, 0.15) is 5.82 Å². The number of rotatable bonds is 6. The van der Waals surface area contributed by atoms with E-state index in [-0.39, 0.29) is 5.92 Å². The van der Waals surface area contributed by atoms with Crippen molar-refractivity contribution in [3.8, 4) is 0 Å². The Morgan fingerprint density at radius 1 is 1.57 bits per heavy atom. The van der Waals surface area contributed by atoms with Crippen LogP contribution in [0, 0.1) is 11.3 Å². The van der Waals surface area contributed by atoms with Gasteiger partial charge in [0.05, 0.1) is 6.54 Å². The van der Waals surface area contributed by atoms with Crippen LogP contribution in [0.4, 0.5) is 0 Å². The molecule has 6 heteroatoms. The second-order valence-electron chi connectivity index (χ2n) is 7.11. The highest BCUT2D eigenvalue weighted by atomic mass is 32.2. The molecule has 1 saturated heterocycles. The van der Waals surface area contributed by atoms with Gasteiger partial charge in [0, 0.05) is 37.2 Å². The monoisotopic (exact) mass is 336 g/mol. The molecule has 0 aromatic carbocycles. The van der Waals surface area contributed by atoms with E-state index in [9.17, 15) is 4.79 Å². The standard InChI is InChI=1S/C17H28N4OS/c1-13(12-23-3)16(22)21(11-15-19-8-9-20(15)2)14-10-17(14)4-6-18-7-5-17/h8-9,13-14,18H,4-7,10-12H2,1-3H3/t13-,14-/m1/s1. The molecule has 1 saturated carbocycles. The molecule has 1 aromatic heterocycles. The van der Waals surface area contributed by atoms with Gasteiger partial charge in [0.2, 0.25) is 5.91 Å². The van der Waals surface area contributed by atoms with Gasteiger partial charge in [-0.2, -0.15) is 11.8 Å². The molecule has 1 aromatic rings. The van der Waals surface area contributed by atoms with Gasteiger partial charge in [-0.05, 0) is 44.0 Å². The summed E-state index contributed by atoms with van der Waals surface area (Å²) in [6.45, 7) is 4.87. The van der Waals surface area contributed by atoms with Crippen molar-refractivity contribution < 1.29 is 4.79 Å². The van der Waals surface area contributed by atoms with Crippen molar-refractivity contribution >= 4 is 17.7 Å². The van der Waals surface area contributed by atoms with Crippen LogP contribution < -0.4 is 5.32 Å². The highest BCUT2D eigenvalue weighted by Crippen LogP contribution is 2.56. The summed E-state index contributed by atoms with van der Waals surface area (Å²) in [5.41, 5.74) is 0.366. The number of nitrogens with one attached hydrogen (secondary N) is 1. The molecule has 2 fully saturated rings. The van der Waals surface area contributed by atoms with Crippen LogP contribution in [-0.4, -0.2) is 51.5 Å². The Hall–Kier alpha value is -1.01. The van der Waals surface area contributed by atoms with E-state index in [4.69, 9.17) is 0 Å². The fraction of sp³-hybridized carbons (Fsp3) is 0.765.